The number of nitrogens with one attached hydrogen (secondary N) is 1. The summed E-state index contributed by atoms with van der Waals surface area (Å²) in [5.41, 5.74) is 0.824. The van der Waals surface area contributed by atoms with E-state index in [1.807, 2.05) is 6.92 Å². The molecule has 0 radical (unpaired) electrons. The molecule has 0 bridgehead atoms. The van der Waals surface area contributed by atoms with Crippen LogP contribution in [0.3, 0.4) is 0 Å². The molecule has 1 heterocycles. The summed E-state index contributed by atoms with van der Waals surface area (Å²) in [6, 6.07) is -0.126. The lowest BCUT2D eigenvalue weighted by Crippen LogP contribution is -2.38. The van der Waals surface area contributed by atoms with Gasteiger partial charge in [-0.2, -0.15) is 5.10 Å². The molecule has 0 fully saturated rings. The zero-order valence-electron chi connectivity index (χ0n) is 13.9. The van der Waals surface area contributed by atoms with Gasteiger partial charge in [0.05, 0.1) is 18.0 Å². The highest BCUT2D eigenvalue weighted by Gasteiger charge is 2.27. The second-order valence-electron chi connectivity index (χ2n) is 5.37. The van der Waals surface area contributed by atoms with E-state index in [4.69, 9.17) is 4.74 Å². The number of sulfonamides is 1. The first-order valence-corrected chi connectivity index (χ1v) is 8.30. The first kappa shape index (κ1) is 18.6. The number of aromatic nitrogens is 2. The SMILES string of the molecule is COC[C@@H](C)NC(=O)Cn1nc(C)c(S(=O)(=O)N(C)C)c1C. The summed E-state index contributed by atoms with van der Waals surface area (Å²) < 4.78 is 32.1. The molecular weight excluding hydrogens is 308 g/mol. The Morgan fingerprint density at radius 1 is 1.41 bits per heavy atom. The molecule has 1 aromatic heterocycles. The standard InChI is InChI=1S/C13H24N4O4S/c1-9(8-21-6)14-12(18)7-17-11(3)13(10(2)15-17)22(19,20)16(4)5/h9H,7-8H2,1-6H3,(H,14,18)/t9-/m1/s1. The molecule has 0 saturated carbocycles. The Kier molecular flexibility index (Phi) is 6.09. The summed E-state index contributed by atoms with van der Waals surface area (Å²) in [5.74, 6) is -0.246. The molecule has 8 nitrogen and oxygen atoms in total. The fourth-order valence-electron chi connectivity index (χ4n) is 2.14. The molecule has 0 spiro atoms. The van der Waals surface area contributed by atoms with Crippen molar-refractivity contribution in [3.05, 3.63) is 11.4 Å². The molecule has 0 saturated heterocycles. The number of hydrogen-bond donors (Lipinski definition) is 1. The largest absolute Gasteiger partial charge is 0.383 e. The van der Waals surface area contributed by atoms with Crippen LogP contribution in [-0.4, -0.2) is 62.3 Å². The summed E-state index contributed by atoms with van der Waals surface area (Å²) in [5, 5.41) is 6.93. The fourth-order valence-corrected chi connectivity index (χ4v) is 3.40. The quantitative estimate of drug-likeness (QED) is 0.753. The first-order valence-electron chi connectivity index (χ1n) is 6.86. The highest BCUT2D eigenvalue weighted by molar-refractivity contribution is 7.89. The molecule has 1 rings (SSSR count). The van der Waals surface area contributed by atoms with E-state index in [0.29, 0.717) is 18.0 Å². The van der Waals surface area contributed by atoms with Crippen molar-refractivity contribution >= 4 is 15.9 Å². The second kappa shape index (κ2) is 7.21. The predicted molar refractivity (Wildman–Crippen MR) is 82.1 cm³/mol. The van der Waals surface area contributed by atoms with E-state index < -0.39 is 10.0 Å². The maximum absolute atomic E-state index is 12.3. The molecule has 0 unspecified atom stereocenters. The van der Waals surface area contributed by atoms with Gasteiger partial charge in [0.2, 0.25) is 15.9 Å². The molecule has 1 N–H and O–H groups in total. The highest BCUT2D eigenvalue weighted by Crippen LogP contribution is 2.21. The first-order chi connectivity index (χ1) is 10.1. The molecule has 22 heavy (non-hydrogen) atoms. The van der Waals surface area contributed by atoms with Crippen molar-refractivity contribution in [2.75, 3.05) is 27.8 Å². The lowest BCUT2D eigenvalue weighted by atomic mass is 10.3. The Balaban J connectivity index is 2.98. The van der Waals surface area contributed by atoms with Crippen molar-refractivity contribution < 1.29 is 17.9 Å². The number of hydrogen-bond acceptors (Lipinski definition) is 5. The second-order valence-corrected chi connectivity index (χ2v) is 7.46. The minimum absolute atomic E-state index is 0.0380. The van der Waals surface area contributed by atoms with E-state index in [1.165, 1.54) is 18.8 Å². The van der Waals surface area contributed by atoms with Gasteiger partial charge in [0, 0.05) is 27.2 Å². The fraction of sp³-hybridized carbons (Fsp3) is 0.692. The van der Waals surface area contributed by atoms with E-state index in [9.17, 15) is 13.2 Å². The average molecular weight is 332 g/mol. The number of aryl methyl sites for hydroxylation is 1. The summed E-state index contributed by atoms with van der Waals surface area (Å²) in [7, 11) is 0.897. The average Bonchev–Trinajstić information content (AvgIpc) is 2.64. The van der Waals surface area contributed by atoms with Crippen molar-refractivity contribution in [1.82, 2.24) is 19.4 Å². The van der Waals surface area contributed by atoms with Crippen molar-refractivity contribution in [3.63, 3.8) is 0 Å². The van der Waals surface area contributed by atoms with Crippen molar-refractivity contribution in [2.45, 2.75) is 38.3 Å². The monoisotopic (exact) mass is 332 g/mol. The maximum atomic E-state index is 12.3. The number of carbonyl (C=O) groups is 1. The van der Waals surface area contributed by atoms with E-state index in [0.717, 1.165) is 4.31 Å². The van der Waals surface area contributed by atoms with E-state index in [-0.39, 0.29) is 23.4 Å². The van der Waals surface area contributed by atoms with Gasteiger partial charge in [-0.25, -0.2) is 12.7 Å². The van der Waals surface area contributed by atoms with Gasteiger partial charge in [-0.3, -0.25) is 9.48 Å². The zero-order chi connectivity index (χ0) is 17.1. The van der Waals surface area contributed by atoms with Crippen LogP contribution in [0.4, 0.5) is 0 Å². The predicted octanol–water partition coefficient (Wildman–Crippen LogP) is -0.0987. The van der Waals surface area contributed by atoms with Crippen molar-refractivity contribution in [2.24, 2.45) is 0 Å². The van der Waals surface area contributed by atoms with Gasteiger partial charge in [0.15, 0.2) is 0 Å². The lowest BCUT2D eigenvalue weighted by Gasteiger charge is -2.14. The normalized spacial score (nSPS) is 13.4. The Morgan fingerprint density at radius 3 is 2.50 bits per heavy atom. The molecule has 0 aromatic carbocycles. The van der Waals surface area contributed by atoms with Crippen LogP contribution < -0.4 is 5.32 Å². The Morgan fingerprint density at radius 2 is 2.00 bits per heavy atom. The number of rotatable bonds is 7. The van der Waals surface area contributed by atoms with Gasteiger partial charge in [-0.1, -0.05) is 0 Å². The van der Waals surface area contributed by atoms with E-state index >= 15 is 0 Å². The number of ether oxygens (including phenoxy) is 1. The van der Waals surface area contributed by atoms with Crippen LogP contribution in [0.15, 0.2) is 4.90 Å². The smallest absolute Gasteiger partial charge is 0.246 e. The van der Waals surface area contributed by atoms with Crippen LogP contribution in [0.5, 0.6) is 0 Å². The van der Waals surface area contributed by atoms with Crippen LogP contribution in [-0.2, 0) is 26.1 Å². The van der Waals surface area contributed by atoms with Crippen LogP contribution in [0, 0.1) is 13.8 Å². The number of methoxy groups -OCH3 is 1. The molecule has 0 aliphatic rings. The van der Waals surface area contributed by atoms with Crippen LogP contribution in [0.25, 0.3) is 0 Å². The third-order valence-electron chi connectivity index (χ3n) is 3.17. The van der Waals surface area contributed by atoms with Gasteiger partial charge >= 0.3 is 0 Å². The van der Waals surface area contributed by atoms with Gasteiger partial charge in [-0.05, 0) is 20.8 Å². The Bertz CT molecular complexity index is 637. The van der Waals surface area contributed by atoms with E-state index in [2.05, 4.69) is 10.4 Å². The van der Waals surface area contributed by atoms with Crippen molar-refractivity contribution in [1.29, 1.82) is 0 Å². The summed E-state index contributed by atoms with van der Waals surface area (Å²) >= 11 is 0. The molecule has 1 atom stereocenters. The third kappa shape index (κ3) is 4.05. The van der Waals surface area contributed by atoms with Crippen LogP contribution >= 0.6 is 0 Å². The Labute approximate surface area is 131 Å². The number of nitrogens with zero attached hydrogens (tertiary/aromatic N) is 3. The topological polar surface area (TPSA) is 93.5 Å². The summed E-state index contributed by atoms with van der Waals surface area (Å²) in [6.45, 7) is 5.45. The third-order valence-corrected chi connectivity index (χ3v) is 5.24. The maximum Gasteiger partial charge on any atom is 0.246 e. The highest BCUT2D eigenvalue weighted by atomic mass is 32.2. The molecule has 1 amide bonds. The minimum atomic E-state index is -3.59. The number of amides is 1. The lowest BCUT2D eigenvalue weighted by molar-refractivity contribution is -0.122. The van der Waals surface area contributed by atoms with Gasteiger partial charge in [0.1, 0.15) is 11.4 Å². The van der Waals surface area contributed by atoms with Crippen molar-refractivity contribution in [3.8, 4) is 0 Å². The molecule has 0 aliphatic heterocycles. The molecule has 0 aliphatic carbocycles. The van der Waals surface area contributed by atoms with Gasteiger partial charge < -0.3 is 10.1 Å². The van der Waals surface area contributed by atoms with Crippen LogP contribution in [0.2, 0.25) is 0 Å². The van der Waals surface area contributed by atoms with E-state index in [1.54, 1.807) is 21.0 Å². The minimum Gasteiger partial charge on any atom is -0.383 e. The molecule has 9 heteroatoms. The van der Waals surface area contributed by atoms with Gasteiger partial charge in [-0.15, -0.1) is 0 Å². The Hall–Kier alpha value is -1.45. The molecule has 126 valence electrons. The summed E-state index contributed by atoms with van der Waals surface area (Å²) in [6.07, 6.45) is 0. The summed E-state index contributed by atoms with van der Waals surface area (Å²) in [4.78, 5) is 12.1. The molecule has 1 aromatic rings. The zero-order valence-corrected chi connectivity index (χ0v) is 14.7. The van der Waals surface area contributed by atoms with Crippen LogP contribution in [0.1, 0.15) is 18.3 Å². The number of carbonyl (C=O) groups excluding carboxylic acids is 1. The molecular formula is C13H24N4O4S. The van der Waals surface area contributed by atoms with Gasteiger partial charge in [0.25, 0.3) is 0 Å².